The van der Waals surface area contributed by atoms with Crippen molar-refractivity contribution in [2.45, 2.75) is 39.7 Å². The molecule has 0 aromatic rings. The van der Waals surface area contributed by atoms with Crippen LogP contribution < -0.4 is 5.73 Å². The fourth-order valence-corrected chi connectivity index (χ4v) is 0.874. The number of hydrogen-bond donors (Lipinski definition) is 2. The molecule has 0 spiro atoms. The van der Waals surface area contributed by atoms with Gasteiger partial charge < -0.3 is 20.3 Å². The van der Waals surface area contributed by atoms with Crippen LogP contribution >= 0.6 is 0 Å². The minimum Gasteiger partial charge on any atom is -0.481 e. The monoisotopic (exact) mass is 263 g/mol. The number of esters is 2. The average molecular weight is 263 g/mol. The van der Waals surface area contributed by atoms with Crippen LogP contribution in [0.1, 0.15) is 33.6 Å². The molecule has 0 unspecified atom stereocenters. The second-order valence-corrected chi connectivity index (χ2v) is 3.22. The molecule has 18 heavy (non-hydrogen) atoms. The van der Waals surface area contributed by atoms with E-state index in [1.165, 1.54) is 0 Å². The van der Waals surface area contributed by atoms with Gasteiger partial charge in [0.05, 0.1) is 13.2 Å². The van der Waals surface area contributed by atoms with Gasteiger partial charge in [-0.15, -0.1) is 0 Å². The third-order valence-corrected chi connectivity index (χ3v) is 1.55. The lowest BCUT2D eigenvalue weighted by Gasteiger charge is -2.09. The SMILES string of the molecule is CC(=O)O.CCOC(=O)CC[C@H](N)C(=O)OCC. The highest BCUT2D eigenvalue weighted by molar-refractivity contribution is 5.77. The highest BCUT2D eigenvalue weighted by Gasteiger charge is 2.16. The molecule has 0 rings (SSSR count). The molecule has 0 heterocycles. The van der Waals surface area contributed by atoms with Crippen LogP contribution in [0.4, 0.5) is 0 Å². The predicted molar refractivity (Wildman–Crippen MR) is 63.8 cm³/mol. The number of nitrogens with two attached hydrogens (primary N) is 1. The van der Waals surface area contributed by atoms with Gasteiger partial charge >= 0.3 is 11.9 Å². The van der Waals surface area contributed by atoms with E-state index in [0.29, 0.717) is 13.2 Å². The van der Waals surface area contributed by atoms with E-state index in [9.17, 15) is 9.59 Å². The van der Waals surface area contributed by atoms with Crippen molar-refractivity contribution in [1.29, 1.82) is 0 Å². The molecule has 0 saturated carbocycles. The van der Waals surface area contributed by atoms with E-state index in [1.54, 1.807) is 13.8 Å². The Morgan fingerprint density at radius 3 is 2.00 bits per heavy atom. The molecular weight excluding hydrogens is 242 g/mol. The van der Waals surface area contributed by atoms with Gasteiger partial charge in [-0.1, -0.05) is 0 Å². The summed E-state index contributed by atoms with van der Waals surface area (Å²) >= 11 is 0. The minimum atomic E-state index is -0.833. The molecule has 0 aliphatic carbocycles. The summed E-state index contributed by atoms with van der Waals surface area (Å²) in [4.78, 5) is 30.9. The van der Waals surface area contributed by atoms with Crippen LogP contribution in [0, 0.1) is 0 Å². The van der Waals surface area contributed by atoms with Crippen LogP contribution in [-0.4, -0.2) is 42.3 Å². The molecule has 0 aliphatic rings. The minimum absolute atomic E-state index is 0.147. The van der Waals surface area contributed by atoms with Gasteiger partial charge in [-0.05, 0) is 20.3 Å². The number of hydrogen-bond acceptors (Lipinski definition) is 6. The van der Waals surface area contributed by atoms with Gasteiger partial charge in [0.2, 0.25) is 0 Å². The Balaban J connectivity index is 0. The van der Waals surface area contributed by atoms with Crippen LogP contribution in [0.2, 0.25) is 0 Å². The summed E-state index contributed by atoms with van der Waals surface area (Å²) in [5.41, 5.74) is 5.47. The van der Waals surface area contributed by atoms with Gasteiger partial charge in [-0.2, -0.15) is 0 Å². The Morgan fingerprint density at radius 2 is 1.61 bits per heavy atom. The van der Waals surface area contributed by atoms with Gasteiger partial charge in [-0.3, -0.25) is 14.4 Å². The average Bonchev–Trinajstić information content (AvgIpc) is 2.25. The molecule has 7 nitrogen and oxygen atoms in total. The quantitative estimate of drug-likeness (QED) is 0.662. The van der Waals surface area contributed by atoms with E-state index in [0.717, 1.165) is 6.92 Å². The van der Waals surface area contributed by atoms with Crippen molar-refractivity contribution in [3.8, 4) is 0 Å². The molecule has 1 atom stereocenters. The zero-order chi connectivity index (χ0) is 14.6. The van der Waals surface area contributed by atoms with Gasteiger partial charge in [0.25, 0.3) is 5.97 Å². The van der Waals surface area contributed by atoms with E-state index in [-0.39, 0.29) is 18.8 Å². The summed E-state index contributed by atoms with van der Waals surface area (Å²) in [5, 5.41) is 7.42. The molecule has 0 radical (unpaired) electrons. The van der Waals surface area contributed by atoms with Crippen molar-refractivity contribution in [3.05, 3.63) is 0 Å². The largest absolute Gasteiger partial charge is 0.481 e. The smallest absolute Gasteiger partial charge is 0.322 e. The first-order valence-corrected chi connectivity index (χ1v) is 5.62. The first kappa shape index (κ1) is 18.7. The first-order chi connectivity index (χ1) is 8.34. The zero-order valence-corrected chi connectivity index (χ0v) is 11.0. The zero-order valence-electron chi connectivity index (χ0n) is 11.0. The Labute approximate surface area is 106 Å². The number of carbonyl (C=O) groups is 3. The lowest BCUT2D eigenvalue weighted by atomic mass is 10.2. The highest BCUT2D eigenvalue weighted by atomic mass is 16.5. The second kappa shape index (κ2) is 11.8. The summed E-state index contributed by atoms with van der Waals surface area (Å²) < 4.78 is 9.37. The molecule has 0 saturated heterocycles. The van der Waals surface area contributed by atoms with Gasteiger partial charge in [0, 0.05) is 13.3 Å². The van der Waals surface area contributed by atoms with Gasteiger partial charge in [-0.25, -0.2) is 0 Å². The molecule has 7 heteroatoms. The number of rotatable bonds is 6. The Morgan fingerprint density at radius 1 is 1.17 bits per heavy atom. The third-order valence-electron chi connectivity index (χ3n) is 1.55. The fourth-order valence-electron chi connectivity index (χ4n) is 0.874. The van der Waals surface area contributed by atoms with E-state index in [1.807, 2.05) is 0 Å². The van der Waals surface area contributed by atoms with Crippen molar-refractivity contribution in [2.24, 2.45) is 5.73 Å². The standard InChI is InChI=1S/C9H17NO4.C2H4O2/c1-3-13-8(11)6-5-7(10)9(12)14-4-2;1-2(3)4/h7H,3-6,10H2,1-2H3;1H3,(H,3,4)/t7-;/m0./s1. The molecule has 0 amide bonds. The number of aliphatic carboxylic acids is 1. The lowest BCUT2D eigenvalue weighted by molar-refractivity contribution is -0.146. The van der Waals surface area contributed by atoms with E-state index in [2.05, 4.69) is 9.47 Å². The Bertz CT molecular complexity index is 262. The van der Waals surface area contributed by atoms with Crippen LogP contribution in [-0.2, 0) is 23.9 Å². The summed E-state index contributed by atoms with van der Waals surface area (Å²) in [6, 6.07) is -0.737. The van der Waals surface area contributed by atoms with Crippen molar-refractivity contribution in [1.82, 2.24) is 0 Å². The Kier molecular flexibility index (Phi) is 12.3. The summed E-state index contributed by atoms with van der Waals surface area (Å²) in [6.07, 6.45) is 0.408. The van der Waals surface area contributed by atoms with Gasteiger partial charge in [0.1, 0.15) is 6.04 Å². The molecule has 106 valence electrons. The molecular formula is C11H21NO6. The van der Waals surface area contributed by atoms with Gasteiger partial charge in [0.15, 0.2) is 0 Å². The maximum Gasteiger partial charge on any atom is 0.322 e. The fraction of sp³-hybridized carbons (Fsp3) is 0.727. The summed E-state index contributed by atoms with van der Waals surface area (Å²) in [7, 11) is 0. The molecule has 0 aromatic carbocycles. The van der Waals surface area contributed by atoms with Crippen molar-refractivity contribution >= 4 is 17.9 Å². The molecule has 0 aromatic heterocycles. The number of carboxylic acid groups (broad SMARTS) is 1. The summed E-state index contributed by atoms with van der Waals surface area (Å²) in [6.45, 7) is 5.15. The topological polar surface area (TPSA) is 116 Å². The van der Waals surface area contributed by atoms with E-state index in [4.69, 9.17) is 15.6 Å². The summed E-state index contributed by atoms with van der Waals surface area (Å²) in [5.74, 6) is -1.65. The molecule has 3 N–H and O–H groups in total. The normalized spacial score (nSPS) is 10.7. The number of ether oxygens (including phenoxy) is 2. The van der Waals surface area contributed by atoms with Crippen molar-refractivity contribution < 1.29 is 29.0 Å². The number of carbonyl (C=O) groups excluding carboxylic acids is 2. The lowest BCUT2D eigenvalue weighted by Crippen LogP contribution is -2.32. The third kappa shape index (κ3) is 14.4. The Hall–Kier alpha value is -1.63. The van der Waals surface area contributed by atoms with Crippen LogP contribution in [0.15, 0.2) is 0 Å². The first-order valence-electron chi connectivity index (χ1n) is 5.62. The van der Waals surface area contributed by atoms with E-state index >= 15 is 0 Å². The molecule has 0 fully saturated rings. The van der Waals surface area contributed by atoms with Crippen LogP contribution in [0.5, 0.6) is 0 Å². The maximum absolute atomic E-state index is 11.0. The second-order valence-electron chi connectivity index (χ2n) is 3.22. The van der Waals surface area contributed by atoms with Crippen molar-refractivity contribution in [3.63, 3.8) is 0 Å². The molecule has 0 bridgehead atoms. The van der Waals surface area contributed by atoms with E-state index < -0.39 is 18.0 Å². The number of carboxylic acids is 1. The van der Waals surface area contributed by atoms with Crippen LogP contribution in [0.3, 0.4) is 0 Å². The maximum atomic E-state index is 11.0. The highest BCUT2D eigenvalue weighted by Crippen LogP contribution is 1.99. The predicted octanol–water partition coefficient (Wildman–Crippen LogP) is 0.311. The van der Waals surface area contributed by atoms with Crippen molar-refractivity contribution in [2.75, 3.05) is 13.2 Å². The van der Waals surface area contributed by atoms with Crippen LogP contribution in [0.25, 0.3) is 0 Å². The molecule has 0 aliphatic heterocycles.